The van der Waals surface area contributed by atoms with Gasteiger partial charge in [0.2, 0.25) is 0 Å². The number of hydrogen-bond donors (Lipinski definition) is 2. The highest BCUT2D eigenvalue weighted by Gasteiger charge is 2.05. The van der Waals surface area contributed by atoms with Crippen molar-refractivity contribution in [1.29, 1.82) is 0 Å². The molecule has 0 amide bonds. The van der Waals surface area contributed by atoms with E-state index in [1.165, 1.54) is 0 Å². The molecular formula is C7H18N2O. The van der Waals surface area contributed by atoms with E-state index in [0.29, 0.717) is 12.0 Å². The highest BCUT2D eigenvalue weighted by molar-refractivity contribution is 4.60. The zero-order chi connectivity index (χ0) is 7.98. The summed E-state index contributed by atoms with van der Waals surface area (Å²) in [5, 5.41) is 0. The van der Waals surface area contributed by atoms with Crippen LogP contribution in [0.4, 0.5) is 0 Å². The SMILES string of the molecule is COCC(C)CC(C)NN. The Morgan fingerprint density at radius 1 is 1.50 bits per heavy atom. The van der Waals surface area contributed by atoms with Crippen LogP contribution in [0.3, 0.4) is 0 Å². The van der Waals surface area contributed by atoms with Gasteiger partial charge in [0.05, 0.1) is 0 Å². The molecule has 0 aromatic rings. The van der Waals surface area contributed by atoms with E-state index >= 15 is 0 Å². The van der Waals surface area contributed by atoms with E-state index in [0.717, 1.165) is 13.0 Å². The lowest BCUT2D eigenvalue weighted by atomic mass is 10.0. The first-order valence-corrected chi connectivity index (χ1v) is 3.65. The molecule has 0 aromatic heterocycles. The topological polar surface area (TPSA) is 47.3 Å². The summed E-state index contributed by atoms with van der Waals surface area (Å²) >= 11 is 0. The maximum Gasteiger partial charge on any atom is 0.0488 e. The molecule has 0 radical (unpaired) electrons. The number of rotatable bonds is 5. The van der Waals surface area contributed by atoms with Crippen LogP contribution in [-0.4, -0.2) is 19.8 Å². The summed E-state index contributed by atoms with van der Waals surface area (Å²) in [5.74, 6) is 5.81. The number of hydrazine groups is 1. The molecule has 62 valence electrons. The van der Waals surface area contributed by atoms with Crippen LogP contribution in [0, 0.1) is 5.92 Å². The predicted octanol–water partition coefficient (Wildman–Crippen LogP) is 0.511. The molecule has 0 aliphatic heterocycles. The summed E-state index contributed by atoms with van der Waals surface area (Å²) in [6.45, 7) is 5.02. The minimum atomic E-state index is 0.380. The van der Waals surface area contributed by atoms with Crippen LogP contribution in [0.25, 0.3) is 0 Å². The molecule has 0 aliphatic rings. The van der Waals surface area contributed by atoms with E-state index in [9.17, 15) is 0 Å². The Hall–Kier alpha value is -0.120. The average Bonchev–Trinajstić information content (AvgIpc) is 1.88. The second-order valence-electron chi connectivity index (χ2n) is 2.86. The Balaban J connectivity index is 3.27. The van der Waals surface area contributed by atoms with Crippen molar-refractivity contribution in [3.05, 3.63) is 0 Å². The highest BCUT2D eigenvalue weighted by Crippen LogP contribution is 2.04. The molecule has 0 aromatic carbocycles. The lowest BCUT2D eigenvalue weighted by Crippen LogP contribution is -2.34. The van der Waals surface area contributed by atoms with Crippen LogP contribution in [0.1, 0.15) is 20.3 Å². The van der Waals surface area contributed by atoms with Crippen molar-refractivity contribution in [3.8, 4) is 0 Å². The molecule has 0 spiro atoms. The minimum Gasteiger partial charge on any atom is -0.384 e. The van der Waals surface area contributed by atoms with Gasteiger partial charge in [-0.05, 0) is 19.3 Å². The number of methoxy groups -OCH3 is 1. The normalized spacial score (nSPS) is 16.8. The van der Waals surface area contributed by atoms with E-state index in [2.05, 4.69) is 19.3 Å². The van der Waals surface area contributed by atoms with Gasteiger partial charge < -0.3 is 4.74 Å². The summed E-state index contributed by atoms with van der Waals surface area (Å²) in [7, 11) is 1.72. The summed E-state index contributed by atoms with van der Waals surface area (Å²) in [5.41, 5.74) is 2.70. The Morgan fingerprint density at radius 3 is 2.50 bits per heavy atom. The van der Waals surface area contributed by atoms with Gasteiger partial charge in [0.25, 0.3) is 0 Å². The Kier molecular flexibility index (Phi) is 5.58. The van der Waals surface area contributed by atoms with Gasteiger partial charge in [-0.1, -0.05) is 6.92 Å². The first-order valence-electron chi connectivity index (χ1n) is 3.65. The number of hydrogen-bond acceptors (Lipinski definition) is 3. The van der Waals surface area contributed by atoms with Crippen molar-refractivity contribution in [2.75, 3.05) is 13.7 Å². The summed E-state index contributed by atoms with van der Waals surface area (Å²) in [6, 6.07) is 0.380. The molecule has 0 rings (SSSR count). The lowest BCUT2D eigenvalue weighted by molar-refractivity contribution is 0.150. The van der Waals surface area contributed by atoms with E-state index in [-0.39, 0.29) is 0 Å². The zero-order valence-electron chi connectivity index (χ0n) is 7.05. The van der Waals surface area contributed by atoms with Gasteiger partial charge in [-0.25, -0.2) is 0 Å². The maximum atomic E-state index is 5.23. The fraction of sp³-hybridized carbons (Fsp3) is 1.00. The summed E-state index contributed by atoms with van der Waals surface area (Å²) in [4.78, 5) is 0. The van der Waals surface area contributed by atoms with Crippen molar-refractivity contribution in [3.63, 3.8) is 0 Å². The Labute approximate surface area is 62.9 Å². The van der Waals surface area contributed by atoms with E-state index in [1.54, 1.807) is 7.11 Å². The van der Waals surface area contributed by atoms with Crippen LogP contribution in [0.2, 0.25) is 0 Å². The molecule has 0 fully saturated rings. The van der Waals surface area contributed by atoms with Gasteiger partial charge in [-0.15, -0.1) is 0 Å². The van der Waals surface area contributed by atoms with Gasteiger partial charge >= 0.3 is 0 Å². The van der Waals surface area contributed by atoms with E-state index in [4.69, 9.17) is 10.6 Å². The molecule has 0 saturated carbocycles. The molecule has 10 heavy (non-hydrogen) atoms. The first kappa shape index (κ1) is 9.88. The van der Waals surface area contributed by atoms with Crippen molar-refractivity contribution in [2.45, 2.75) is 26.3 Å². The standard InChI is InChI=1S/C7H18N2O/c1-6(5-10-3)4-7(2)9-8/h6-7,9H,4-5,8H2,1-3H3. The fourth-order valence-electron chi connectivity index (χ4n) is 1.02. The van der Waals surface area contributed by atoms with Crippen LogP contribution < -0.4 is 11.3 Å². The Morgan fingerprint density at radius 2 is 2.10 bits per heavy atom. The minimum absolute atomic E-state index is 0.380. The van der Waals surface area contributed by atoms with Crippen molar-refractivity contribution in [1.82, 2.24) is 5.43 Å². The third-order valence-corrected chi connectivity index (χ3v) is 1.49. The highest BCUT2D eigenvalue weighted by atomic mass is 16.5. The molecule has 2 atom stereocenters. The van der Waals surface area contributed by atoms with E-state index < -0.39 is 0 Å². The monoisotopic (exact) mass is 146 g/mol. The largest absolute Gasteiger partial charge is 0.384 e. The van der Waals surface area contributed by atoms with Crippen LogP contribution in [0.15, 0.2) is 0 Å². The molecule has 3 N–H and O–H groups in total. The second-order valence-corrected chi connectivity index (χ2v) is 2.86. The van der Waals surface area contributed by atoms with Crippen molar-refractivity contribution in [2.24, 2.45) is 11.8 Å². The average molecular weight is 146 g/mol. The lowest BCUT2D eigenvalue weighted by Gasteiger charge is -2.14. The zero-order valence-corrected chi connectivity index (χ0v) is 7.05. The molecular weight excluding hydrogens is 128 g/mol. The number of nitrogens with one attached hydrogen (secondary N) is 1. The summed E-state index contributed by atoms with van der Waals surface area (Å²) < 4.78 is 4.98. The first-order chi connectivity index (χ1) is 4.70. The van der Waals surface area contributed by atoms with Crippen molar-refractivity contribution >= 4 is 0 Å². The van der Waals surface area contributed by atoms with Gasteiger partial charge in [0.15, 0.2) is 0 Å². The van der Waals surface area contributed by atoms with E-state index in [1.807, 2.05) is 0 Å². The molecule has 0 aliphatic carbocycles. The van der Waals surface area contributed by atoms with Crippen LogP contribution >= 0.6 is 0 Å². The van der Waals surface area contributed by atoms with Gasteiger partial charge in [0.1, 0.15) is 0 Å². The molecule has 0 saturated heterocycles. The third kappa shape index (κ3) is 4.73. The number of nitrogens with two attached hydrogens (primary N) is 1. The van der Waals surface area contributed by atoms with Gasteiger partial charge in [0, 0.05) is 19.8 Å². The molecule has 0 bridgehead atoms. The third-order valence-electron chi connectivity index (χ3n) is 1.49. The van der Waals surface area contributed by atoms with Crippen molar-refractivity contribution < 1.29 is 4.74 Å². The summed E-state index contributed by atoms with van der Waals surface area (Å²) in [6.07, 6.45) is 1.06. The molecule has 3 heteroatoms. The van der Waals surface area contributed by atoms with Gasteiger partial charge in [-0.3, -0.25) is 11.3 Å². The second kappa shape index (κ2) is 5.65. The number of ether oxygens (including phenoxy) is 1. The fourth-order valence-corrected chi connectivity index (χ4v) is 1.02. The smallest absolute Gasteiger partial charge is 0.0488 e. The molecule has 2 unspecified atom stereocenters. The predicted molar refractivity (Wildman–Crippen MR) is 42.4 cm³/mol. The molecule has 3 nitrogen and oxygen atoms in total. The van der Waals surface area contributed by atoms with Crippen LogP contribution in [0.5, 0.6) is 0 Å². The molecule has 0 heterocycles. The quantitative estimate of drug-likeness (QED) is 0.439. The van der Waals surface area contributed by atoms with Gasteiger partial charge in [-0.2, -0.15) is 0 Å². The maximum absolute atomic E-state index is 5.23. The Bertz CT molecular complexity index is 78.0. The van der Waals surface area contributed by atoms with Crippen LogP contribution in [-0.2, 0) is 4.74 Å².